The van der Waals surface area contributed by atoms with Crippen LogP contribution in [0.5, 0.6) is 0 Å². The first-order valence-corrected chi connectivity index (χ1v) is 7.82. The molecule has 1 unspecified atom stereocenters. The fourth-order valence-electron chi connectivity index (χ4n) is 1.98. The van der Waals surface area contributed by atoms with E-state index in [4.69, 9.17) is 4.74 Å². The molecule has 3 heterocycles. The Kier molecular flexibility index (Phi) is 3.24. The molecule has 3 nitrogen and oxygen atoms in total. The average molecular weight is 291 g/mol. The van der Waals surface area contributed by atoms with Gasteiger partial charge in [-0.05, 0) is 42.7 Å². The Balaban J connectivity index is 1.77. The Morgan fingerprint density at radius 1 is 1.26 bits per heavy atom. The fraction of sp³-hybridized carbons (Fsp3) is 0.286. The number of cyclic esters (lactones) is 1. The van der Waals surface area contributed by atoms with Gasteiger partial charge in [0.05, 0.1) is 4.88 Å². The van der Waals surface area contributed by atoms with Crippen molar-refractivity contribution in [3.63, 3.8) is 0 Å². The molecule has 0 fully saturated rings. The molecule has 2 aromatic rings. The van der Waals surface area contributed by atoms with Crippen LogP contribution in [-0.2, 0) is 16.0 Å². The summed E-state index contributed by atoms with van der Waals surface area (Å²) in [4.78, 5) is 18.7. The third kappa shape index (κ3) is 2.48. The summed E-state index contributed by atoms with van der Waals surface area (Å²) in [6, 6.07) is 7.95. The van der Waals surface area contributed by atoms with Gasteiger partial charge in [-0.25, -0.2) is 9.79 Å². The van der Waals surface area contributed by atoms with E-state index >= 15 is 0 Å². The van der Waals surface area contributed by atoms with Crippen molar-refractivity contribution in [2.45, 2.75) is 25.3 Å². The van der Waals surface area contributed by atoms with Crippen molar-refractivity contribution < 1.29 is 9.53 Å². The molecule has 1 aliphatic heterocycles. The zero-order valence-electron chi connectivity index (χ0n) is 10.5. The zero-order chi connectivity index (χ0) is 13.3. The van der Waals surface area contributed by atoms with Gasteiger partial charge in [0.1, 0.15) is 0 Å². The monoisotopic (exact) mass is 291 g/mol. The van der Waals surface area contributed by atoms with E-state index in [1.165, 1.54) is 16.2 Å². The predicted molar refractivity (Wildman–Crippen MR) is 78.0 cm³/mol. The van der Waals surface area contributed by atoms with Gasteiger partial charge in [0.15, 0.2) is 5.54 Å². The van der Waals surface area contributed by atoms with Crippen molar-refractivity contribution in [2.75, 3.05) is 0 Å². The van der Waals surface area contributed by atoms with E-state index in [1.54, 1.807) is 11.3 Å². The first kappa shape index (κ1) is 12.6. The van der Waals surface area contributed by atoms with Crippen LogP contribution in [0.4, 0.5) is 0 Å². The number of esters is 1. The van der Waals surface area contributed by atoms with Gasteiger partial charge in [-0.3, -0.25) is 0 Å². The Bertz CT molecular complexity index is 601. The minimum Gasteiger partial charge on any atom is -0.404 e. The lowest BCUT2D eigenvalue weighted by Gasteiger charge is -2.14. The second-order valence-corrected chi connectivity index (χ2v) is 6.62. The number of ether oxygens (including phenoxy) is 1. The lowest BCUT2D eigenvalue weighted by molar-refractivity contribution is -0.138. The Labute approximate surface area is 119 Å². The van der Waals surface area contributed by atoms with Crippen molar-refractivity contribution in [3.05, 3.63) is 44.8 Å². The summed E-state index contributed by atoms with van der Waals surface area (Å²) in [5, 5.41) is 4.00. The maximum atomic E-state index is 12.0. The molecule has 0 aromatic carbocycles. The third-order valence-corrected chi connectivity index (χ3v) is 4.94. The molecule has 0 aliphatic carbocycles. The zero-order valence-corrected chi connectivity index (χ0v) is 12.1. The van der Waals surface area contributed by atoms with Crippen LogP contribution in [0.3, 0.4) is 0 Å². The number of carbonyl (C=O) groups is 1. The molecule has 0 spiro atoms. The highest BCUT2D eigenvalue weighted by molar-refractivity contribution is 7.12. The standard InChI is InChI=1S/C14H13NO2S2/c1-14(7-6-10-4-2-8-18-10)13(16)17-12(15-14)11-5-3-9-19-11/h2-5,8-9H,6-7H2,1H3. The van der Waals surface area contributed by atoms with Crippen LogP contribution in [0.2, 0.25) is 0 Å². The smallest absolute Gasteiger partial charge is 0.340 e. The van der Waals surface area contributed by atoms with Crippen molar-refractivity contribution in [2.24, 2.45) is 4.99 Å². The van der Waals surface area contributed by atoms with Crippen LogP contribution in [0, 0.1) is 0 Å². The van der Waals surface area contributed by atoms with Crippen LogP contribution in [-0.4, -0.2) is 17.4 Å². The van der Waals surface area contributed by atoms with Gasteiger partial charge in [-0.15, -0.1) is 22.7 Å². The number of nitrogens with zero attached hydrogens (tertiary/aromatic N) is 1. The SMILES string of the molecule is CC1(CCc2cccs2)N=C(c2cccs2)OC1=O. The molecule has 0 radical (unpaired) electrons. The average Bonchev–Trinajstić information content (AvgIpc) is 3.10. The highest BCUT2D eigenvalue weighted by Crippen LogP contribution is 2.29. The maximum Gasteiger partial charge on any atom is 0.340 e. The summed E-state index contributed by atoms with van der Waals surface area (Å²) in [5.74, 6) is 0.223. The summed E-state index contributed by atoms with van der Waals surface area (Å²) in [7, 11) is 0. The van der Waals surface area contributed by atoms with E-state index in [-0.39, 0.29) is 5.97 Å². The maximum absolute atomic E-state index is 12.0. The number of hydrogen-bond donors (Lipinski definition) is 0. The molecule has 5 heteroatoms. The molecular formula is C14H13NO2S2. The highest BCUT2D eigenvalue weighted by Gasteiger charge is 2.41. The molecule has 98 valence electrons. The highest BCUT2D eigenvalue weighted by atomic mass is 32.1. The number of aliphatic imine (C=N–C) groups is 1. The van der Waals surface area contributed by atoms with Gasteiger partial charge in [-0.2, -0.15) is 0 Å². The Morgan fingerprint density at radius 3 is 2.74 bits per heavy atom. The summed E-state index contributed by atoms with van der Waals surface area (Å²) < 4.78 is 5.32. The molecule has 0 saturated carbocycles. The van der Waals surface area contributed by atoms with Crippen molar-refractivity contribution in [3.8, 4) is 0 Å². The van der Waals surface area contributed by atoms with Gasteiger partial charge in [0.2, 0.25) is 5.90 Å². The summed E-state index contributed by atoms with van der Waals surface area (Å²) >= 11 is 3.24. The van der Waals surface area contributed by atoms with E-state index in [0.717, 1.165) is 11.3 Å². The summed E-state index contributed by atoms with van der Waals surface area (Å²) in [6.07, 6.45) is 1.53. The molecule has 0 N–H and O–H groups in total. The molecule has 0 amide bonds. The van der Waals surface area contributed by atoms with Gasteiger partial charge < -0.3 is 4.74 Å². The number of hydrogen-bond acceptors (Lipinski definition) is 5. The van der Waals surface area contributed by atoms with Crippen LogP contribution >= 0.6 is 22.7 Å². The van der Waals surface area contributed by atoms with Crippen LogP contribution in [0.1, 0.15) is 23.1 Å². The molecule has 19 heavy (non-hydrogen) atoms. The first-order chi connectivity index (χ1) is 9.17. The minimum absolute atomic E-state index is 0.243. The van der Waals surface area contributed by atoms with E-state index in [1.807, 2.05) is 35.9 Å². The van der Waals surface area contributed by atoms with Crippen molar-refractivity contribution >= 4 is 34.5 Å². The van der Waals surface area contributed by atoms with Crippen LogP contribution in [0.15, 0.2) is 40.0 Å². The van der Waals surface area contributed by atoms with Gasteiger partial charge in [-0.1, -0.05) is 12.1 Å². The quantitative estimate of drug-likeness (QED) is 0.809. The molecule has 3 rings (SSSR count). The second-order valence-electron chi connectivity index (χ2n) is 4.64. The lowest BCUT2D eigenvalue weighted by Crippen LogP contribution is -2.30. The summed E-state index contributed by atoms with van der Waals surface area (Å²) in [6.45, 7) is 1.85. The Morgan fingerprint density at radius 2 is 2.05 bits per heavy atom. The van der Waals surface area contributed by atoms with Gasteiger partial charge in [0, 0.05) is 4.88 Å². The molecule has 2 aromatic heterocycles. The van der Waals surface area contributed by atoms with Gasteiger partial charge >= 0.3 is 5.97 Å². The number of carbonyl (C=O) groups excluding carboxylic acids is 1. The fourth-order valence-corrected chi connectivity index (χ4v) is 3.33. The minimum atomic E-state index is -0.747. The van der Waals surface area contributed by atoms with E-state index in [2.05, 4.69) is 11.1 Å². The lowest BCUT2D eigenvalue weighted by atomic mass is 9.97. The second kappa shape index (κ2) is 4.90. The van der Waals surface area contributed by atoms with E-state index in [9.17, 15) is 4.79 Å². The van der Waals surface area contributed by atoms with Crippen molar-refractivity contribution in [1.29, 1.82) is 0 Å². The topological polar surface area (TPSA) is 38.7 Å². The van der Waals surface area contributed by atoms with E-state index < -0.39 is 5.54 Å². The van der Waals surface area contributed by atoms with Gasteiger partial charge in [0.25, 0.3) is 0 Å². The first-order valence-electron chi connectivity index (χ1n) is 6.06. The van der Waals surface area contributed by atoms with Crippen LogP contribution in [0.25, 0.3) is 0 Å². The van der Waals surface area contributed by atoms with Crippen LogP contribution < -0.4 is 0 Å². The predicted octanol–water partition coefficient (Wildman–Crippen LogP) is 3.50. The third-order valence-electron chi connectivity index (χ3n) is 3.15. The molecule has 0 bridgehead atoms. The molecule has 1 aliphatic rings. The largest absolute Gasteiger partial charge is 0.404 e. The number of thiophene rings is 2. The number of rotatable bonds is 4. The molecule has 1 atom stereocenters. The molecule has 0 saturated heterocycles. The Hall–Kier alpha value is -1.46. The molecular weight excluding hydrogens is 278 g/mol. The van der Waals surface area contributed by atoms with E-state index in [0.29, 0.717) is 12.3 Å². The van der Waals surface area contributed by atoms with Crippen molar-refractivity contribution in [1.82, 2.24) is 0 Å². The normalized spacial score (nSPS) is 22.4. The summed E-state index contributed by atoms with van der Waals surface area (Å²) in [5.41, 5.74) is -0.747. The number of aryl methyl sites for hydroxylation is 1.